The highest BCUT2D eigenvalue weighted by molar-refractivity contribution is 6.03. The van der Waals surface area contributed by atoms with Crippen LogP contribution in [0, 0.1) is 5.92 Å². The van der Waals surface area contributed by atoms with Crippen molar-refractivity contribution in [2.75, 3.05) is 6.54 Å². The molecular formula is C44H53N3O2. The van der Waals surface area contributed by atoms with Gasteiger partial charge in [0.05, 0.1) is 23.0 Å². The predicted molar refractivity (Wildman–Crippen MR) is 206 cm³/mol. The van der Waals surface area contributed by atoms with E-state index in [0.29, 0.717) is 17.7 Å². The monoisotopic (exact) mass is 655 g/mol. The second kappa shape index (κ2) is 16.3. The summed E-state index contributed by atoms with van der Waals surface area (Å²) in [7, 11) is 0. The Kier molecular flexibility index (Phi) is 12.0. The van der Waals surface area contributed by atoms with E-state index >= 15 is 0 Å². The number of nitrogens with zero attached hydrogens (tertiary/aromatic N) is 3. The predicted octanol–water partition coefficient (Wildman–Crippen LogP) is 9.94. The van der Waals surface area contributed by atoms with Gasteiger partial charge in [-0.25, -0.2) is 0 Å². The summed E-state index contributed by atoms with van der Waals surface area (Å²) in [5.41, 5.74) is 14.2. The molecule has 0 aliphatic carbocycles. The molecule has 0 radical (unpaired) electrons. The first-order valence-corrected chi connectivity index (χ1v) is 18.3. The van der Waals surface area contributed by atoms with E-state index in [2.05, 4.69) is 84.2 Å². The van der Waals surface area contributed by atoms with E-state index in [9.17, 15) is 9.59 Å². The van der Waals surface area contributed by atoms with E-state index in [1.807, 2.05) is 23.4 Å². The number of benzene rings is 3. The maximum absolute atomic E-state index is 13.5. The van der Waals surface area contributed by atoms with Crippen LogP contribution in [0.2, 0.25) is 0 Å². The molecule has 0 saturated carbocycles. The Balaban J connectivity index is 1.33. The highest BCUT2D eigenvalue weighted by Gasteiger charge is 2.33. The number of aliphatic imine (C=N–C) groups is 2. The lowest BCUT2D eigenvalue weighted by Crippen LogP contribution is -2.35. The van der Waals surface area contributed by atoms with Gasteiger partial charge in [0.1, 0.15) is 0 Å². The standard InChI is InChI=1S/C44H53N3O2/c1-8-29(5)16-30(6)25-45-42-23-37(35(10-3)21-39(42)28-48)14-12-33-18-32(9-2)19-34(20-33)13-15-38-24-43-41(22-36(38)11-4)44(49)47-27-31(7)17-40(47)26-46-43/h18-26,28,30,40H,5,7-17,27H2,1-4,6H3. The summed E-state index contributed by atoms with van der Waals surface area (Å²) >= 11 is 0. The van der Waals surface area contributed by atoms with Gasteiger partial charge in [-0.05, 0) is 133 Å². The van der Waals surface area contributed by atoms with Gasteiger partial charge in [0.15, 0.2) is 6.29 Å². The Morgan fingerprint density at radius 1 is 0.898 bits per heavy atom. The third-order valence-corrected chi connectivity index (χ3v) is 10.2. The van der Waals surface area contributed by atoms with Gasteiger partial charge >= 0.3 is 0 Å². The first-order chi connectivity index (χ1) is 23.7. The highest BCUT2D eigenvalue weighted by Crippen LogP contribution is 2.33. The highest BCUT2D eigenvalue weighted by atomic mass is 16.2. The van der Waals surface area contributed by atoms with Crippen molar-refractivity contribution >= 4 is 36.0 Å². The molecule has 1 amide bonds. The Labute approximate surface area is 294 Å². The van der Waals surface area contributed by atoms with Crippen molar-refractivity contribution in [3.8, 4) is 0 Å². The smallest absolute Gasteiger partial charge is 0.256 e. The molecule has 5 heteroatoms. The van der Waals surface area contributed by atoms with Crippen LogP contribution in [0.25, 0.3) is 0 Å². The lowest BCUT2D eigenvalue weighted by Gasteiger charge is -2.20. The van der Waals surface area contributed by atoms with E-state index in [-0.39, 0.29) is 17.9 Å². The maximum Gasteiger partial charge on any atom is 0.256 e. The molecule has 5 rings (SSSR count). The van der Waals surface area contributed by atoms with Crippen LogP contribution in [0.5, 0.6) is 0 Å². The van der Waals surface area contributed by atoms with Crippen molar-refractivity contribution in [3.05, 3.63) is 117 Å². The van der Waals surface area contributed by atoms with Gasteiger partial charge in [-0.3, -0.25) is 19.6 Å². The molecule has 3 aromatic rings. The third-order valence-electron chi connectivity index (χ3n) is 10.2. The summed E-state index contributed by atoms with van der Waals surface area (Å²) in [6, 6.07) is 15.5. The molecule has 1 fully saturated rings. The van der Waals surface area contributed by atoms with Gasteiger partial charge in [-0.2, -0.15) is 0 Å². The quantitative estimate of drug-likeness (QED) is 0.0930. The number of amides is 1. The fourth-order valence-electron chi connectivity index (χ4n) is 7.24. The molecule has 2 aliphatic rings. The summed E-state index contributed by atoms with van der Waals surface area (Å²) < 4.78 is 0. The van der Waals surface area contributed by atoms with Crippen LogP contribution in [-0.2, 0) is 44.9 Å². The number of aryl methyl sites for hydroxylation is 7. The SMILES string of the molecule is C=C(CC)CC(C)C=Nc1cc(CCc2cc(CC)cc(CCc3cc4c(cc3CC)C(=O)N3CC(=C)CC3C=N4)c2)c(CC)cc1C=O. The van der Waals surface area contributed by atoms with Crippen LogP contribution >= 0.6 is 0 Å². The van der Waals surface area contributed by atoms with Crippen molar-refractivity contribution in [2.24, 2.45) is 15.9 Å². The molecule has 0 aromatic heterocycles. The summed E-state index contributed by atoms with van der Waals surface area (Å²) in [6.07, 6.45) is 13.9. The van der Waals surface area contributed by atoms with Gasteiger partial charge in [-0.15, -0.1) is 0 Å². The summed E-state index contributed by atoms with van der Waals surface area (Å²) in [4.78, 5) is 37.0. The average Bonchev–Trinajstić information content (AvgIpc) is 3.45. The number of hydrogen-bond acceptors (Lipinski definition) is 4. The number of hydrogen-bond donors (Lipinski definition) is 0. The molecule has 0 spiro atoms. The second-order valence-corrected chi connectivity index (χ2v) is 13.9. The van der Waals surface area contributed by atoms with E-state index in [0.717, 1.165) is 87.4 Å². The van der Waals surface area contributed by atoms with Crippen molar-refractivity contribution in [2.45, 2.75) is 105 Å². The van der Waals surface area contributed by atoms with E-state index in [1.165, 1.54) is 44.5 Å². The lowest BCUT2D eigenvalue weighted by molar-refractivity contribution is 0.0777. The van der Waals surface area contributed by atoms with E-state index in [1.54, 1.807) is 0 Å². The fourth-order valence-corrected chi connectivity index (χ4v) is 7.24. The Bertz CT molecular complexity index is 1800. The minimum Gasteiger partial charge on any atom is -0.326 e. The van der Waals surface area contributed by atoms with Crippen molar-refractivity contribution in [1.29, 1.82) is 0 Å². The average molecular weight is 656 g/mol. The first kappa shape index (κ1) is 35.9. The van der Waals surface area contributed by atoms with E-state index < -0.39 is 0 Å². The fraction of sp³-hybridized carbons (Fsp3) is 0.409. The molecule has 1 saturated heterocycles. The zero-order chi connectivity index (χ0) is 35.1. The molecular weight excluding hydrogens is 603 g/mol. The minimum absolute atomic E-state index is 0.00642. The van der Waals surface area contributed by atoms with Gasteiger partial charge in [0, 0.05) is 24.5 Å². The minimum atomic E-state index is 0.00642. The first-order valence-electron chi connectivity index (χ1n) is 18.3. The van der Waals surface area contributed by atoms with Gasteiger partial charge in [0.2, 0.25) is 0 Å². The molecule has 2 unspecified atom stereocenters. The number of aldehydes is 1. The van der Waals surface area contributed by atoms with Crippen LogP contribution in [0.1, 0.15) is 114 Å². The lowest BCUT2D eigenvalue weighted by atomic mass is 9.91. The topological polar surface area (TPSA) is 62.1 Å². The van der Waals surface area contributed by atoms with E-state index in [4.69, 9.17) is 9.98 Å². The number of carbonyl (C=O) groups is 2. The molecule has 0 bridgehead atoms. The van der Waals surface area contributed by atoms with Crippen LogP contribution in [0.15, 0.2) is 76.8 Å². The number of fused-ring (bicyclic) bond motifs is 2. The summed E-state index contributed by atoms with van der Waals surface area (Å²) in [6.45, 7) is 19.7. The Hall–Kier alpha value is -4.38. The Morgan fingerprint density at radius 3 is 2.18 bits per heavy atom. The zero-order valence-electron chi connectivity index (χ0n) is 30.3. The Morgan fingerprint density at radius 2 is 1.55 bits per heavy atom. The molecule has 256 valence electrons. The van der Waals surface area contributed by atoms with Crippen LogP contribution in [-0.4, -0.2) is 42.1 Å². The molecule has 2 aliphatic heterocycles. The molecule has 2 heterocycles. The molecule has 49 heavy (non-hydrogen) atoms. The third kappa shape index (κ3) is 8.62. The zero-order valence-corrected chi connectivity index (χ0v) is 30.3. The van der Waals surface area contributed by atoms with Crippen molar-refractivity contribution < 1.29 is 9.59 Å². The number of allylic oxidation sites excluding steroid dienone is 1. The van der Waals surface area contributed by atoms with Crippen LogP contribution < -0.4 is 0 Å². The van der Waals surface area contributed by atoms with Gasteiger partial charge in [0.25, 0.3) is 5.91 Å². The second-order valence-electron chi connectivity index (χ2n) is 13.9. The number of rotatable bonds is 15. The largest absolute Gasteiger partial charge is 0.326 e. The van der Waals surface area contributed by atoms with Gasteiger partial charge in [-0.1, -0.05) is 77.1 Å². The molecule has 3 aromatic carbocycles. The van der Waals surface area contributed by atoms with Crippen molar-refractivity contribution in [3.63, 3.8) is 0 Å². The number of carbonyl (C=O) groups excluding carboxylic acids is 2. The maximum atomic E-state index is 13.5. The van der Waals surface area contributed by atoms with Crippen LogP contribution in [0.3, 0.4) is 0 Å². The molecule has 5 nitrogen and oxygen atoms in total. The molecule has 2 atom stereocenters. The van der Waals surface area contributed by atoms with Crippen molar-refractivity contribution in [1.82, 2.24) is 4.90 Å². The summed E-state index contributed by atoms with van der Waals surface area (Å²) in [5.74, 6) is 0.334. The van der Waals surface area contributed by atoms with Crippen LogP contribution in [0.4, 0.5) is 11.4 Å². The molecule has 0 N–H and O–H groups in total. The summed E-state index contributed by atoms with van der Waals surface area (Å²) in [5, 5.41) is 0. The normalized spacial score (nSPS) is 16.2. The van der Waals surface area contributed by atoms with Gasteiger partial charge < -0.3 is 4.90 Å².